The van der Waals surface area contributed by atoms with Gasteiger partial charge in [0.2, 0.25) is 0 Å². The predicted molar refractivity (Wildman–Crippen MR) is 104 cm³/mol. The Morgan fingerprint density at radius 1 is 0.625 bits per heavy atom. The molecule has 24 heavy (non-hydrogen) atoms. The van der Waals surface area contributed by atoms with Crippen LogP contribution in [0.1, 0.15) is 38.8 Å². The van der Waals surface area contributed by atoms with Crippen molar-refractivity contribution in [2.45, 2.75) is 40.8 Å². The SMILES string of the molecule is CC.CC.CNCc1ccccc1O.CNCc1ccccc1O. The molecule has 0 aromatic heterocycles. The molecule has 0 fully saturated rings. The zero-order valence-electron chi connectivity index (χ0n) is 15.9. The number of phenols is 2. The Hall–Kier alpha value is -2.04. The van der Waals surface area contributed by atoms with E-state index in [1.54, 1.807) is 12.1 Å². The van der Waals surface area contributed by atoms with Gasteiger partial charge in [0.1, 0.15) is 11.5 Å². The van der Waals surface area contributed by atoms with Gasteiger partial charge >= 0.3 is 0 Å². The van der Waals surface area contributed by atoms with E-state index in [1.165, 1.54) is 0 Å². The van der Waals surface area contributed by atoms with Crippen LogP contribution in [0.15, 0.2) is 48.5 Å². The third-order valence-corrected chi connectivity index (χ3v) is 2.72. The first-order valence-corrected chi connectivity index (χ1v) is 8.52. The molecule has 4 nitrogen and oxygen atoms in total. The maximum absolute atomic E-state index is 9.20. The lowest BCUT2D eigenvalue weighted by molar-refractivity contribution is 0.465. The molecule has 0 radical (unpaired) electrons. The highest BCUT2D eigenvalue weighted by Crippen LogP contribution is 2.14. The molecule has 0 heterocycles. The Morgan fingerprint density at radius 2 is 0.917 bits per heavy atom. The number of nitrogens with one attached hydrogen (secondary N) is 2. The van der Waals surface area contributed by atoms with Crippen molar-refractivity contribution in [2.75, 3.05) is 14.1 Å². The number of aromatic hydroxyl groups is 2. The smallest absolute Gasteiger partial charge is 0.120 e. The zero-order chi connectivity index (χ0) is 18.8. The van der Waals surface area contributed by atoms with Crippen LogP contribution in [0, 0.1) is 0 Å². The summed E-state index contributed by atoms with van der Waals surface area (Å²) in [5.74, 6) is 0.716. The van der Waals surface area contributed by atoms with E-state index in [0.717, 1.165) is 11.1 Å². The molecule has 136 valence electrons. The van der Waals surface area contributed by atoms with Crippen LogP contribution in [0.25, 0.3) is 0 Å². The number of rotatable bonds is 4. The van der Waals surface area contributed by atoms with Crippen LogP contribution in [0.2, 0.25) is 0 Å². The highest BCUT2D eigenvalue weighted by atomic mass is 16.3. The molecule has 0 amide bonds. The van der Waals surface area contributed by atoms with Crippen molar-refractivity contribution in [3.05, 3.63) is 59.7 Å². The summed E-state index contributed by atoms with van der Waals surface area (Å²) < 4.78 is 0. The molecular weight excluding hydrogens is 300 g/mol. The third-order valence-electron chi connectivity index (χ3n) is 2.72. The second kappa shape index (κ2) is 17.3. The summed E-state index contributed by atoms with van der Waals surface area (Å²) in [6, 6.07) is 14.6. The van der Waals surface area contributed by atoms with Gasteiger partial charge in [-0.2, -0.15) is 0 Å². The highest BCUT2D eigenvalue weighted by Gasteiger charge is 1.95. The summed E-state index contributed by atoms with van der Waals surface area (Å²) in [6.45, 7) is 9.43. The molecule has 0 aliphatic carbocycles. The quantitative estimate of drug-likeness (QED) is 0.674. The summed E-state index contributed by atoms with van der Waals surface area (Å²) in [5, 5.41) is 24.3. The maximum Gasteiger partial charge on any atom is 0.120 e. The number of para-hydroxylation sites is 2. The number of phenolic OH excluding ortho intramolecular Hbond substituents is 2. The number of hydrogen-bond donors (Lipinski definition) is 4. The normalized spacial score (nSPS) is 8.58. The lowest BCUT2D eigenvalue weighted by Crippen LogP contribution is -2.04. The Kier molecular flexibility index (Phi) is 17.5. The van der Waals surface area contributed by atoms with Crippen molar-refractivity contribution in [1.82, 2.24) is 10.6 Å². The van der Waals surface area contributed by atoms with E-state index in [9.17, 15) is 10.2 Å². The maximum atomic E-state index is 9.20. The van der Waals surface area contributed by atoms with Crippen molar-refractivity contribution in [2.24, 2.45) is 0 Å². The Morgan fingerprint density at radius 3 is 1.17 bits per heavy atom. The topological polar surface area (TPSA) is 64.5 Å². The van der Waals surface area contributed by atoms with E-state index < -0.39 is 0 Å². The van der Waals surface area contributed by atoms with E-state index in [-0.39, 0.29) is 0 Å². The molecule has 0 saturated heterocycles. The number of benzene rings is 2. The molecule has 2 aromatic rings. The van der Waals surface area contributed by atoms with Crippen LogP contribution in [-0.2, 0) is 13.1 Å². The van der Waals surface area contributed by atoms with Gasteiger partial charge in [-0.05, 0) is 26.2 Å². The van der Waals surface area contributed by atoms with E-state index in [0.29, 0.717) is 24.6 Å². The average Bonchev–Trinajstić information content (AvgIpc) is 2.63. The van der Waals surface area contributed by atoms with E-state index in [1.807, 2.05) is 78.2 Å². The molecule has 2 aromatic carbocycles. The first kappa shape index (κ1) is 24.2. The fourth-order valence-corrected chi connectivity index (χ4v) is 1.70. The Bertz CT molecular complexity index is 469. The van der Waals surface area contributed by atoms with Crippen molar-refractivity contribution in [1.29, 1.82) is 0 Å². The molecule has 0 aliphatic rings. The Labute approximate surface area is 147 Å². The zero-order valence-corrected chi connectivity index (χ0v) is 15.9. The van der Waals surface area contributed by atoms with Crippen LogP contribution in [0.5, 0.6) is 11.5 Å². The van der Waals surface area contributed by atoms with Gasteiger partial charge in [-0.1, -0.05) is 64.1 Å². The standard InChI is InChI=1S/2C8H11NO.2C2H6/c2*1-9-6-7-4-2-3-5-8(7)10;2*1-2/h2*2-5,9-10H,6H2,1H3;2*1-2H3. The molecule has 0 atom stereocenters. The van der Waals surface area contributed by atoms with Crippen molar-refractivity contribution in [3.8, 4) is 11.5 Å². The van der Waals surface area contributed by atoms with Crippen LogP contribution in [-0.4, -0.2) is 24.3 Å². The third kappa shape index (κ3) is 10.6. The summed E-state index contributed by atoms with van der Waals surface area (Å²) >= 11 is 0. The minimum atomic E-state index is 0.358. The van der Waals surface area contributed by atoms with Crippen molar-refractivity contribution < 1.29 is 10.2 Å². The van der Waals surface area contributed by atoms with Gasteiger partial charge in [0.25, 0.3) is 0 Å². The van der Waals surface area contributed by atoms with E-state index >= 15 is 0 Å². The van der Waals surface area contributed by atoms with E-state index in [2.05, 4.69) is 10.6 Å². The first-order valence-electron chi connectivity index (χ1n) is 8.52. The van der Waals surface area contributed by atoms with Crippen molar-refractivity contribution in [3.63, 3.8) is 0 Å². The largest absolute Gasteiger partial charge is 0.508 e. The van der Waals surface area contributed by atoms with Crippen LogP contribution < -0.4 is 10.6 Å². The summed E-state index contributed by atoms with van der Waals surface area (Å²) in [4.78, 5) is 0. The van der Waals surface area contributed by atoms with Gasteiger partial charge in [0.15, 0.2) is 0 Å². The lowest BCUT2D eigenvalue weighted by Gasteiger charge is -2.00. The molecule has 4 heteroatoms. The van der Waals surface area contributed by atoms with Crippen LogP contribution in [0.3, 0.4) is 0 Å². The van der Waals surface area contributed by atoms with Crippen molar-refractivity contribution >= 4 is 0 Å². The second-order valence-corrected chi connectivity index (χ2v) is 4.32. The van der Waals surface area contributed by atoms with Gasteiger partial charge < -0.3 is 20.8 Å². The summed E-state index contributed by atoms with van der Waals surface area (Å²) in [6.07, 6.45) is 0. The highest BCUT2D eigenvalue weighted by molar-refractivity contribution is 5.32. The average molecular weight is 335 g/mol. The van der Waals surface area contributed by atoms with Crippen LogP contribution >= 0.6 is 0 Å². The molecule has 0 saturated carbocycles. The first-order chi connectivity index (χ1) is 11.7. The molecule has 0 bridgehead atoms. The summed E-state index contributed by atoms with van der Waals surface area (Å²) in [5.41, 5.74) is 1.87. The molecule has 0 unspecified atom stereocenters. The van der Waals surface area contributed by atoms with Gasteiger partial charge in [0.05, 0.1) is 0 Å². The van der Waals surface area contributed by atoms with Gasteiger partial charge in [0, 0.05) is 24.2 Å². The molecule has 4 N–H and O–H groups in total. The monoisotopic (exact) mass is 334 g/mol. The molecule has 2 rings (SSSR count). The minimum Gasteiger partial charge on any atom is -0.508 e. The van der Waals surface area contributed by atoms with Gasteiger partial charge in [-0.3, -0.25) is 0 Å². The minimum absolute atomic E-state index is 0.358. The molecular formula is C20H34N2O2. The van der Waals surface area contributed by atoms with Gasteiger partial charge in [-0.25, -0.2) is 0 Å². The lowest BCUT2D eigenvalue weighted by atomic mass is 10.2. The second-order valence-electron chi connectivity index (χ2n) is 4.32. The predicted octanol–water partition coefficient (Wildman–Crippen LogP) is 4.28. The number of hydrogen-bond acceptors (Lipinski definition) is 4. The van der Waals surface area contributed by atoms with E-state index in [4.69, 9.17) is 0 Å². The fraction of sp³-hybridized carbons (Fsp3) is 0.400. The summed E-state index contributed by atoms with van der Waals surface area (Å²) in [7, 11) is 3.71. The van der Waals surface area contributed by atoms with Crippen LogP contribution in [0.4, 0.5) is 0 Å². The Balaban J connectivity index is 0. The molecule has 0 spiro atoms. The molecule has 0 aliphatic heterocycles. The fourth-order valence-electron chi connectivity index (χ4n) is 1.70. The van der Waals surface area contributed by atoms with Gasteiger partial charge in [-0.15, -0.1) is 0 Å².